The van der Waals surface area contributed by atoms with Gasteiger partial charge in [0.1, 0.15) is 6.54 Å². The molecule has 128 valence electrons. The molecule has 2 aromatic rings. The Morgan fingerprint density at radius 3 is 2.38 bits per heavy atom. The van der Waals surface area contributed by atoms with Gasteiger partial charge >= 0.3 is 0 Å². The van der Waals surface area contributed by atoms with E-state index in [1.165, 1.54) is 42.6 Å². The second-order valence-corrected chi connectivity index (χ2v) is 7.03. The van der Waals surface area contributed by atoms with Crippen molar-refractivity contribution in [2.24, 2.45) is 0 Å². The fourth-order valence-corrected chi connectivity index (χ4v) is 3.04. The minimum absolute atomic E-state index is 1.09. The summed E-state index contributed by atoms with van der Waals surface area (Å²) < 4.78 is 2.35. The molecule has 2 rings (SSSR count). The van der Waals surface area contributed by atoms with Crippen molar-refractivity contribution in [3.05, 3.63) is 59.9 Å². The number of pyridine rings is 1. The van der Waals surface area contributed by atoms with Gasteiger partial charge in [0.25, 0.3) is 0 Å². The van der Waals surface area contributed by atoms with E-state index in [1.807, 2.05) is 0 Å². The highest BCUT2D eigenvalue weighted by atomic mass is 79.9. The maximum absolute atomic E-state index is 3.50. The third-order valence-electron chi connectivity index (χ3n) is 4.11. The van der Waals surface area contributed by atoms with Crippen LogP contribution >= 0.6 is 15.9 Å². The standard InChI is InChI=1S/C21H28BrN2/c1-23(2)20-13-10-19(11-14-20)12-15-21-9-5-8-18-24(21)17-7-4-3-6-16-22/h5,8-15,18H,3-4,6-7,16-17H2,1-2H3/q+1. The zero-order chi connectivity index (χ0) is 17.2. The van der Waals surface area contributed by atoms with Gasteiger partial charge in [-0.25, -0.2) is 0 Å². The highest BCUT2D eigenvalue weighted by molar-refractivity contribution is 9.09. The lowest BCUT2D eigenvalue weighted by Crippen LogP contribution is -2.36. The summed E-state index contributed by atoms with van der Waals surface area (Å²) in [5, 5.41) is 1.12. The van der Waals surface area contributed by atoms with E-state index in [2.05, 4.69) is 100 Å². The normalized spacial score (nSPS) is 11.1. The molecule has 1 aromatic heterocycles. The number of hydrogen-bond donors (Lipinski definition) is 0. The van der Waals surface area contributed by atoms with Gasteiger partial charge in [0.05, 0.1) is 0 Å². The van der Waals surface area contributed by atoms with Gasteiger partial charge < -0.3 is 4.90 Å². The third kappa shape index (κ3) is 6.12. The summed E-state index contributed by atoms with van der Waals surface area (Å²) in [5.41, 5.74) is 3.72. The van der Waals surface area contributed by atoms with Crippen molar-refractivity contribution < 1.29 is 4.57 Å². The molecule has 0 aliphatic heterocycles. The van der Waals surface area contributed by atoms with E-state index >= 15 is 0 Å². The van der Waals surface area contributed by atoms with Crippen LogP contribution in [0.4, 0.5) is 5.69 Å². The lowest BCUT2D eigenvalue weighted by molar-refractivity contribution is -0.699. The van der Waals surface area contributed by atoms with E-state index < -0.39 is 0 Å². The van der Waals surface area contributed by atoms with Crippen LogP contribution in [0.1, 0.15) is 36.9 Å². The zero-order valence-corrected chi connectivity index (χ0v) is 16.4. The monoisotopic (exact) mass is 387 g/mol. The predicted octanol–water partition coefficient (Wildman–Crippen LogP) is 5.17. The first-order valence-electron chi connectivity index (χ1n) is 8.70. The zero-order valence-electron chi connectivity index (χ0n) is 14.8. The molecular formula is C21H28BrN2+. The van der Waals surface area contributed by atoms with E-state index in [4.69, 9.17) is 0 Å². The molecule has 0 unspecified atom stereocenters. The molecule has 0 amide bonds. The van der Waals surface area contributed by atoms with Crippen molar-refractivity contribution >= 4 is 33.8 Å². The molecule has 3 heteroatoms. The van der Waals surface area contributed by atoms with E-state index in [-0.39, 0.29) is 0 Å². The predicted molar refractivity (Wildman–Crippen MR) is 109 cm³/mol. The number of benzene rings is 1. The smallest absolute Gasteiger partial charge is 0.205 e. The molecule has 0 bridgehead atoms. The topological polar surface area (TPSA) is 7.12 Å². The summed E-state index contributed by atoms with van der Waals surface area (Å²) >= 11 is 3.50. The number of anilines is 1. The van der Waals surface area contributed by atoms with E-state index in [0.717, 1.165) is 11.9 Å². The Hall–Kier alpha value is -1.61. The molecule has 24 heavy (non-hydrogen) atoms. The van der Waals surface area contributed by atoms with Crippen LogP contribution in [-0.4, -0.2) is 19.4 Å². The van der Waals surface area contributed by atoms with Gasteiger partial charge in [-0.2, -0.15) is 4.57 Å². The number of halogens is 1. The number of hydrogen-bond acceptors (Lipinski definition) is 1. The van der Waals surface area contributed by atoms with Gasteiger partial charge in [0.2, 0.25) is 5.69 Å². The van der Waals surface area contributed by atoms with Crippen LogP contribution in [0.25, 0.3) is 12.2 Å². The molecule has 0 aliphatic carbocycles. The summed E-state index contributed by atoms with van der Waals surface area (Å²) in [7, 11) is 4.13. The fraction of sp³-hybridized carbons (Fsp3) is 0.381. The molecule has 2 nitrogen and oxygen atoms in total. The first kappa shape index (κ1) is 18.7. The molecule has 0 spiro atoms. The summed E-state index contributed by atoms with van der Waals surface area (Å²) in [6.45, 7) is 1.09. The summed E-state index contributed by atoms with van der Waals surface area (Å²) in [6.07, 6.45) is 11.7. The highest BCUT2D eigenvalue weighted by Crippen LogP contribution is 2.14. The second-order valence-electron chi connectivity index (χ2n) is 6.24. The van der Waals surface area contributed by atoms with Crippen molar-refractivity contribution in [3.63, 3.8) is 0 Å². The van der Waals surface area contributed by atoms with Crippen molar-refractivity contribution in [2.45, 2.75) is 32.2 Å². The number of rotatable bonds is 9. The van der Waals surface area contributed by atoms with Crippen LogP contribution in [0.3, 0.4) is 0 Å². The minimum atomic E-state index is 1.09. The van der Waals surface area contributed by atoms with Gasteiger partial charge in [0.15, 0.2) is 6.20 Å². The molecule has 0 saturated heterocycles. The summed E-state index contributed by atoms with van der Waals surface area (Å²) in [4.78, 5) is 2.12. The SMILES string of the molecule is CN(C)c1ccc(/C=C/c2cccc[n+]2CCCCCCBr)cc1. The Labute approximate surface area is 155 Å². The van der Waals surface area contributed by atoms with Crippen molar-refractivity contribution in [1.82, 2.24) is 0 Å². The molecular weight excluding hydrogens is 360 g/mol. The first-order valence-corrected chi connectivity index (χ1v) is 9.83. The van der Waals surface area contributed by atoms with Crippen LogP contribution < -0.4 is 9.47 Å². The summed E-state index contributed by atoms with van der Waals surface area (Å²) in [6, 6.07) is 15.0. The largest absolute Gasteiger partial charge is 0.378 e. The van der Waals surface area contributed by atoms with Crippen molar-refractivity contribution in [1.29, 1.82) is 0 Å². The van der Waals surface area contributed by atoms with E-state index in [9.17, 15) is 0 Å². The number of aromatic nitrogens is 1. The Balaban J connectivity index is 1.98. The molecule has 1 aromatic carbocycles. The van der Waals surface area contributed by atoms with Crippen LogP contribution in [0.15, 0.2) is 48.7 Å². The molecule has 0 saturated carbocycles. The number of alkyl halides is 1. The van der Waals surface area contributed by atoms with Crippen molar-refractivity contribution in [3.8, 4) is 0 Å². The van der Waals surface area contributed by atoms with Gasteiger partial charge in [-0.05, 0) is 42.7 Å². The Bertz CT molecular complexity index is 633. The minimum Gasteiger partial charge on any atom is -0.378 e. The second kappa shape index (κ2) is 10.3. The third-order valence-corrected chi connectivity index (χ3v) is 4.68. The fourth-order valence-electron chi connectivity index (χ4n) is 2.64. The van der Waals surface area contributed by atoms with Gasteiger partial charge in [0, 0.05) is 49.7 Å². The van der Waals surface area contributed by atoms with Crippen LogP contribution in [0.2, 0.25) is 0 Å². The van der Waals surface area contributed by atoms with Crippen molar-refractivity contribution in [2.75, 3.05) is 24.3 Å². The number of nitrogens with zero attached hydrogens (tertiary/aromatic N) is 2. The van der Waals surface area contributed by atoms with Gasteiger partial charge in [-0.15, -0.1) is 0 Å². The molecule has 1 heterocycles. The van der Waals surface area contributed by atoms with Gasteiger partial charge in [-0.1, -0.05) is 34.5 Å². The highest BCUT2D eigenvalue weighted by Gasteiger charge is 2.05. The Morgan fingerprint density at radius 1 is 0.917 bits per heavy atom. The lowest BCUT2D eigenvalue weighted by Gasteiger charge is -2.11. The average Bonchev–Trinajstić information content (AvgIpc) is 2.61. The molecule has 0 fully saturated rings. The average molecular weight is 388 g/mol. The van der Waals surface area contributed by atoms with Crippen LogP contribution in [0.5, 0.6) is 0 Å². The van der Waals surface area contributed by atoms with E-state index in [0.29, 0.717) is 0 Å². The molecule has 0 aliphatic rings. The Kier molecular flexibility index (Phi) is 8.03. The maximum atomic E-state index is 3.50. The number of unbranched alkanes of at least 4 members (excludes halogenated alkanes) is 3. The summed E-state index contributed by atoms with van der Waals surface area (Å²) in [5.74, 6) is 0. The maximum Gasteiger partial charge on any atom is 0.205 e. The van der Waals surface area contributed by atoms with Gasteiger partial charge in [-0.3, -0.25) is 0 Å². The molecule has 0 N–H and O–H groups in total. The lowest BCUT2D eigenvalue weighted by atomic mass is 10.1. The Morgan fingerprint density at radius 2 is 1.67 bits per heavy atom. The van der Waals surface area contributed by atoms with E-state index in [1.54, 1.807) is 0 Å². The van der Waals surface area contributed by atoms with Crippen LogP contribution in [0, 0.1) is 0 Å². The van der Waals surface area contributed by atoms with Crippen LogP contribution in [-0.2, 0) is 6.54 Å². The molecule has 0 atom stereocenters. The molecule has 0 radical (unpaired) electrons. The number of aryl methyl sites for hydroxylation is 1. The first-order chi connectivity index (χ1) is 11.7. The quantitative estimate of drug-likeness (QED) is 0.327.